The van der Waals surface area contributed by atoms with Crippen LogP contribution in [0.4, 0.5) is 4.39 Å². The molecule has 0 radical (unpaired) electrons. The lowest BCUT2D eigenvalue weighted by atomic mass is 9.98. The highest BCUT2D eigenvalue weighted by Crippen LogP contribution is 2.26. The standard InChI is InChI=1S/C17H18Cl2FN/c1-2-9-21-17(13-5-3-4-6-16(13)20)11-12-7-8-14(18)15(19)10-12/h3-8,10,17,21H,2,9,11H2,1H3. The molecule has 112 valence electrons. The summed E-state index contributed by atoms with van der Waals surface area (Å²) in [7, 11) is 0. The first-order valence-electron chi connectivity index (χ1n) is 7.03. The van der Waals surface area contributed by atoms with E-state index in [1.54, 1.807) is 12.1 Å². The van der Waals surface area contributed by atoms with Crippen LogP contribution in [0.1, 0.15) is 30.5 Å². The fourth-order valence-corrected chi connectivity index (χ4v) is 2.59. The molecule has 2 aromatic carbocycles. The van der Waals surface area contributed by atoms with Gasteiger partial charge in [-0.05, 0) is 43.1 Å². The molecule has 1 atom stereocenters. The minimum absolute atomic E-state index is 0.0802. The summed E-state index contributed by atoms with van der Waals surface area (Å²) in [5, 5.41) is 4.45. The quantitative estimate of drug-likeness (QED) is 0.748. The maximum Gasteiger partial charge on any atom is 0.127 e. The number of rotatable bonds is 6. The molecular formula is C17H18Cl2FN. The van der Waals surface area contributed by atoms with Crippen LogP contribution in [0.15, 0.2) is 42.5 Å². The first-order valence-corrected chi connectivity index (χ1v) is 7.79. The molecule has 0 amide bonds. The molecule has 0 saturated heterocycles. The van der Waals surface area contributed by atoms with Gasteiger partial charge >= 0.3 is 0 Å². The molecule has 0 aliphatic carbocycles. The normalized spacial score (nSPS) is 12.4. The number of hydrogen-bond acceptors (Lipinski definition) is 1. The van der Waals surface area contributed by atoms with Gasteiger partial charge in [0.15, 0.2) is 0 Å². The molecule has 4 heteroatoms. The predicted octanol–water partition coefficient (Wildman–Crippen LogP) is 5.42. The first kappa shape index (κ1) is 16.3. The largest absolute Gasteiger partial charge is 0.310 e. The molecule has 0 spiro atoms. The van der Waals surface area contributed by atoms with Crippen molar-refractivity contribution in [3.8, 4) is 0 Å². The van der Waals surface area contributed by atoms with Gasteiger partial charge in [-0.2, -0.15) is 0 Å². The van der Waals surface area contributed by atoms with E-state index < -0.39 is 0 Å². The van der Waals surface area contributed by atoms with E-state index in [1.165, 1.54) is 6.07 Å². The van der Waals surface area contributed by atoms with Crippen molar-refractivity contribution in [3.05, 3.63) is 69.5 Å². The van der Waals surface area contributed by atoms with E-state index in [1.807, 2.05) is 24.3 Å². The van der Waals surface area contributed by atoms with Crippen LogP contribution >= 0.6 is 23.2 Å². The Labute approximate surface area is 135 Å². The minimum Gasteiger partial charge on any atom is -0.310 e. The summed E-state index contributed by atoms with van der Waals surface area (Å²) in [6.45, 7) is 2.92. The smallest absolute Gasteiger partial charge is 0.127 e. The van der Waals surface area contributed by atoms with Crippen molar-refractivity contribution in [2.24, 2.45) is 0 Å². The molecule has 0 aromatic heterocycles. The first-order chi connectivity index (χ1) is 10.1. The van der Waals surface area contributed by atoms with Crippen LogP contribution in [0.5, 0.6) is 0 Å². The van der Waals surface area contributed by atoms with Crippen molar-refractivity contribution in [3.63, 3.8) is 0 Å². The second-order valence-electron chi connectivity index (χ2n) is 4.98. The van der Waals surface area contributed by atoms with E-state index in [4.69, 9.17) is 23.2 Å². The molecule has 0 aliphatic heterocycles. The molecule has 0 saturated carbocycles. The zero-order chi connectivity index (χ0) is 15.2. The third-order valence-electron chi connectivity index (χ3n) is 3.35. The molecule has 21 heavy (non-hydrogen) atoms. The van der Waals surface area contributed by atoms with Crippen molar-refractivity contribution in [2.45, 2.75) is 25.8 Å². The van der Waals surface area contributed by atoms with Crippen LogP contribution in [-0.2, 0) is 6.42 Å². The van der Waals surface area contributed by atoms with Gasteiger partial charge in [-0.3, -0.25) is 0 Å². The van der Waals surface area contributed by atoms with Gasteiger partial charge in [0.05, 0.1) is 10.0 Å². The van der Waals surface area contributed by atoms with E-state index in [9.17, 15) is 4.39 Å². The Bertz CT molecular complexity index is 601. The summed E-state index contributed by atoms with van der Waals surface area (Å²) < 4.78 is 14.0. The molecule has 1 nitrogen and oxygen atoms in total. The zero-order valence-electron chi connectivity index (χ0n) is 11.9. The van der Waals surface area contributed by atoms with Gasteiger partial charge in [-0.15, -0.1) is 0 Å². The maximum atomic E-state index is 14.0. The summed E-state index contributed by atoms with van der Waals surface area (Å²) in [5.41, 5.74) is 1.71. The fraction of sp³-hybridized carbons (Fsp3) is 0.294. The second-order valence-corrected chi connectivity index (χ2v) is 5.80. The average Bonchev–Trinajstić information content (AvgIpc) is 2.48. The highest BCUT2D eigenvalue weighted by atomic mass is 35.5. The van der Waals surface area contributed by atoms with E-state index in [0.717, 1.165) is 18.5 Å². The van der Waals surface area contributed by atoms with Crippen LogP contribution in [0.3, 0.4) is 0 Å². The molecule has 0 fully saturated rings. The lowest BCUT2D eigenvalue weighted by Crippen LogP contribution is -2.25. The van der Waals surface area contributed by atoms with Crippen molar-refractivity contribution in [2.75, 3.05) is 6.54 Å². The molecule has 0 bridgehead atoms. The Morgan fingerprint density at radius 2 is 1.86 bits per heavy atom. The van der Waals surface area contributed by atoms with E-state index in [2.05, 4.69) is 12.2 Å². The van der Waals surface area contributed by atoms with Gasteiger partial charge in [0.25, 0.3) is 0 Å². The molecule has 1 N–H and O–H groups in total. The van der Waals surface area contributed by atoms with Gasteiger partial charge in [0.2, 0.25) is 0 Å². The van der Waals surface area contributed by atoms with Crippen molar-refractivity contribution >= 4 is 23.2 Å². The molecule has 0 aliphatic rings. The Hall–Kier alpha value is -1.09. The summed E-state index contributed by atoms with van der Waals surface area (Å²) in [6, 6.07) is 12.3. The topological polar surface area (TPSA) is 12.0 Å². The van der Waals surface area contributed by atoms with E-state index in [-0.39, 0.29) is 11.9 Å². The molecule has 2 rings (SSSR count). The molecule has 2 aromatic rings. The maximum absolute atomic E-state index is 14.0. The Kier molecular flexibility index (Phi) is 6.04. The van der Waals surface area contributed by atoms with Crippen LogP contribution in [-0.4, -0.2) is 6.54 Å². The van der Waals surface area contributed by atoms with E-state index >= 15 is 0 Å². The number of benzene rings is 2. The van der Waals surface area contributed by atoms with Gasteiger partial charge < -0.3 is 5.32 Å². The summed E-state index contributed by atoms with van der Waals surface area (Å²) in [6.07, 6.45) is 1.66. The predicted molar refractivity (Wildman–Crippen MR) is 87.6 cm³/mol. The lowest BCUT2D eigenvalue weighted by molar-refractivity contribution is 0.497. The second kappa shape index (κ2) is 7.79. The van der Waals surface area contributed by atoms with Gasteiger partial charge in [0, 0.05) is 11.6 Å². The van der Waals surface area contributed by atoms with Crippen LogP contribution in [0.2, 0.25) is 10.0 Å². The molecule has 1 unspecified atom stereocenters. The Morgan fingerprint density at radius 1 is 1.10 bits per heavy atom. The third kappa shape index (κ3) is 4.44. The number of nitrogens with one attached hydrogen (secondary N) is 1. The van der Waals surface area contributed by atoms with Crippen molar-refractivity contribution in [1.82, 2.24) is 5.32 Å². The van der Waals surface area contributed by atoms with Gasteiger partial charge in [-0.1, -0.05) is 54.4 Å². The minimum atomic E-state index is -0.189. The SMILES string of the molecule is CCCNC(Cc1ccc(Cl)c(Cl)c1)c1ccccc1F. The summed E-state index contributed by atoms with van der Waals surface area (Å²) >= 11 is 12.0. The van der Waals surface area contributed by atoms with E-state index in [0.29, 0.717) is 22.0 Å². The molecular weight excluding hydrogens is 308 g/mol. The zero-order valence-corrected chi connectivity index (χ0v) is 13.4. The number of hydrogen-bond donors (Lipinski definition) is 1. The summed E-state index contributed by atoms with van der Waals surface area (Å²) in [5.74, 6) is -0.189. The summed E-state index contributed by atoms with van der Waals surface area (Å²) in [4.78, 5) is 0. The van der Waals surface area contributed by atoms with Crippen LogP contribution < -0.4 is 5.32 Å². The van der Waals surface area contributed by atoms with Gasteiger partial charge in [-0.25, -0.2) is 4.39 Å². The van der Waals surface area contributed by atoms with Crippen molar-refractivity contribution < 1.29 is 4.39 Å². The van der Waals surface area contributed by atoms with Crippen molar-refractivity contribution in [1.29, 1.82) is 0 Å². The Balaban J connectivity index is 2.24. The monoisotopic (exact) mass is 325 g/mol. The average molecular weight is 326 g/mol. The van der Waals surface area contributed by atoms with Crippen LogP contribution in [0.25, 0.3) is 0 Å². The third-order valence-corrected chi connectivity index (χ3v) is 4.08. The van der Waals surface area contributed by atoms with Gasteiger partial charge in [0.1, 0.15) is 5.82 Å². The highest BCUT2D eigenvalue weighted by Gasteiger charge is 2.15. The molecule has 0 heterocycles. The van der Waals surface area contributed by atoms with Crippen LogP contribution in [0, 0.1) is 5.82 Å². The number of halogens is 3. The lowest BCUT2D eigenvalue weighted by Gasteiger charge is -2.20. The highest BCUT2D eigenvalue weighted by molar-refractivity contribution is 6.42. The fourth-order valence-electron chi connectivity index (χ4n) is 2.27. The Morgan fingerprint density at radius 3 is 2.52 bits per heavy atom.